The van der Waals surface area contributed by atoms with Crippen LogP contribution >= 0.6 is 0 Å². The van der Waals surface area contributed by atoms with Crippen LogP contribution in [0.4, 0.5) is 0 Å². The topological polar surface area (TPSA) is 52.6 Å². The molecule has 1 saturated heterocycles. The summed E-state index contributed by atoms with van der Waals surface area (Å²) in [6.45, 7) is 8.08. The van der Waals surface area contributed by atoms with Crippen molar-refractivity contribution in [2.75, 3.05) is 26.7 Å². The quantitative estimate of drug-likeness (QED) is 0.811. The SMILES string of the molecule is CNC1(C(=O)O)CCCC1CCN1CCC(C)C(C)C1. The fourth-order valence-corrected chi connectivity index (χ4v) is 4.08. The summed E-state index contributed by atoms with van der Waals surface area (Å²) in [7, 11) is 1.80. The molecule has 0 bridgehead atoms. The van der Waals surface area contributed by atoms with Gasteiger partial charge in [0.25, 0.3) is 0 Å². The van der Waals surface area contributed by atoms with Crippen LogP contribution in [0.25, 0.3) is 0 Å². The molecule has 0 spiro atoms. The van der Waals surface area contributed by atoms with Crippen LogP contribution in [0, 0.1) is 17.8 Å². The fourth-order valence-electron chi connectivity index (χ4n) is 4.08. The number of carboxylic acid groups (broad SMARTS) is 1. The van der Waals surface area contributed by atoms with Gasteiger partial charge in [-0.2, -0.15) is 0 Å². The molecule has 0 radical (unpaired) electrons. The molecule has 0 aromatic rings. The summed E-state index contributed by atoms with van der Waals surface area (Å²) < 4.78 is 0. The maximum absolute atomic E-state index is 11.6. The number of rotatable bonds is 5. The summed E-state index contributed by atoms with van der Waals surface area (Å²) in [6.07, 6.45) is 5.14. The second-order valence-corrected chi connectivity index (χ2v) is 6.95. The molecule has 0 aromatic heterocycles. The minimum atomic E-state index is -0.672. The summed E-state index contributed by atoms with van der Waals surface area (Å²) in [4.78, 5) is 14.2. The van der Waals surface area contributed by atoms with E-state index in [1.165, 1.54) is 19.5 Å². The molecule has 4 atom stereocenters. The number of aliphatic carboxylic acids is 1. The Morgan fingerprint density at radius 1 is 1.35 bits per heavy atom. The molecule has 2 rings (SSSR count). The van der Waals surface area contributed by atoms with Crippen molar-refractivity contribution in [1.82, 2.24) is 10.2 Å². The molecule has 0 amide bonds. The zero-order valence-electron chi connectivity index (χ0n) is 13.2. The Balaban J connectivity index is 1.88. The van der Waals surface area contributed by atoms with Crippen molar-refractivity contribution in [3.05, 3.63) is 0 Å². The highest BCUT2D eigenvalue weighted by Crippen LogP contribution is 2.38. The van der Waals surface area contributed by atoms with Crippen LogP contribution in [0.5, 0.6) is 0 Å². The second kappa shape index (κ2) is 6.44. The molecule has 0 aromatic carbocycles. The molecule has 1 heterocycles. The Kier molecular flexibility index (Phi) is 5.08. The van der Waals surface area contributed by atoms with E-state index < -0.39 is 11.5 Å². The number of nitrogens with one attached hydrogen (secondary N) is 1. The molecule has 2 N–H and O–H groups in total. The van der Waals surface area contributed by atoms with Gasteiger partial charge in [-0.1, -0.05) is 20.3 Å². The van der Waals surface area contributed by atoms with Gasteiger partial charge in [0.1, 0.15) is 5.54 Å². The number of hydrogen-bond donors (Lipinski definition) is 2. The molecular formula is C16H30N2O2. The number of carboxylic acids is 1. The first kappa shape index (κ1) is 15.8. The second-order valence-electron chi connectivity index (χ2n) is 6.95. The van der Waals surface area contributed by atoms with E-state index in [0.29, 0.717) is 0 Å². The third-order valence-electron chi connectivity index (χ3n) is 5.86. The Labute approximate surface area is 122 Å². The first-order chi connectivity index (χ1) is 9.49. The van der Waals surface area contributed by atoms with E-state index in [1.54, 1.807) is 7.05 Å². The third kappa shape index (κ3) is 3.01. The van der Waals surface area contributed by atoms with Crippen LogP contribution in [0.15, 0.2) is 0 Å². The Bertz CT molecular complexity index is 347. The lowest BCUT2D eigenvalue weighted by molar-refractivity contribution is -0.146. The summed E-state index contributed by atoms with van der Waals surface area (Å²) >= 11 is 0. The standard InChI is InChI=1S/C16H30N2O2/c1-12-6-9-18(11-13(12)2)10-7-14-5-4-8-16(14,17-3)15(19)20/h12-14,17H,4-11H2,1-3H3,(H,19,20). The summed E-state index contributed by atoms with van der Waals surface area (Å²) in [5.74, 6) is 1.21. The number of likely N-dealkylation sites (tertiary alicyclic amines) is 1. The van der Waals surface area contributed by atoms with Gasteiger partial charge in [0.2, 0.25) is 0 Å². The van der Waals surface area contributed by atoms with Gasteiger partial charge in [-0.15, -0.1) is 0 Å². The highest BCUT2D eigenvalue weighted by molar-refractivity contribution is 5.79. The van der Waals surface area contributed by atoms with Crippen LogP contribution in [0.2, 0.25) is 0 Å². The van der Waals surface area contributed by atoms with Crippen molar-refractivity contribution < 1.29 is 9.90 Å². The van der Waals surface area contributed by atoms with Crippen molar-refractivity contribution >= 4 is 5.97 Å². The molecule has 2 aliphatic rings. The van der Waals surface area contributed by atoms with Crippen LogP contribution in [-0.2, 0) is 4.79 Å². The zero-order valence-corrected chi connectivity index (χ0v) is 13.2. The van der Waals surface area contributed by atoms with Crippen LogP contribution in [0.1, 0.15) is 46.0 Å². The monoisotopic (exact) mass is 282 g/mol. The molecule has 4 nitrogen and oxygen atoms in total. The third-order valence-corrected chi connectivity index (χ3v) is 5.86. The molecule has 1 saturated carbocycles. The van der Waals surface area contributed by atoms with Crippen molar-refractivity contribution in [1.29, 1.82) is 0 Å². The lowest BCUT2D eigenvalue weighted by atomic mass is 9.84. The maximum atomic E-state index is 11.6. The van der Waals surface area contributed by atoms with E-state index >= 15 is 0 Å². The highest BCUT2D eigenvalue weighted by Gasteiger charge is 2.47. The van der Waals surface area contributed by atoms with Crippen molar-refractivity contribution in [2.45, 2.75) is 51.5 Å². The van der Waals surface area contributed by atoms with Crippen LogP contribution < -0.4 is 5.32 Å². The summed E-state index contributed by atoms with van der Waals surface area (Å²) in [6, 6.07) is 0. The van der Waals surface area contributed by atoms with Crippen molar-refractivity contribution in [3.8, 4) is 0 Å². The lowest BCUT2D eigenvalue weighted by Gasteiger charge is -2.37. The van der Waals surface area contributed by atoms with Crippen LogP contribution in [-0.4, -0.2) is 48.2 Å². The normalized spacial score (nSPS) is 39.0. The molecule has 116 valence electrons. The van der Waals surface area contributed by atoms with Gasteiger partial charge in [0.05, 0.1) is 0 Å². The van der Waals surface area contributed by atoms with Gasteiger partial charge in [0.15, 0.2) is 0 Å². The first-order valence-electron chi connectivity index (χ1n) is 8.14. The predicted molar refractivity (Wildman–Crippen MR) is 80.8 cm³/mol. The number of hydrogen-bond acceptors (Lipinski definition) is 3. The Morgan fingerprint density at radius 3 is 2.70 bits per heavy atom. The van der Waals surface area contributed by atoms with Crippen LogP contribution in [0.3, 0.4) is 0 Å². The maximum Gasteiger partial charge on any atom is 0.324 e. The fraction of sp³-hybridized carbons (Fsp3) is 0.938. The molecule has 4 heteroatoms. The molecule has 1 aliphatic carbocycles. The average molecular weight is 282 g/mol. The first-order valence-corrected chi connectivity index (χ1v) is 8.14. The van der Waals surface area contributed by atoms with Crippen molar-refractivity contribution in [3.63, 3.8) is 0 Å². The average Bonchev–Trinajstić information content (AvgIpc) is 2.84. The predicted octanol–water partition coefficient (Wildman–Crippen LogP) is 2.20. The van der Waals surface area contributed by atoms with E-state index in [2.05, 4.69) is 24.1 Å². The summed E-state index contributed by atoms with van der Waals surface area (Å²) in [5, 5.41) is 12.7. The molecule has 20 heavy (non-hydrogen) atoms. The highest BCUT2D eigenvalue weighted by atomic mass is 16.4. The number of likely N-dealkylation sites (N-methyl/N-ethyl adjacent to an activating group) is 1. The van der Waals surface area contributed by atoms with Gasteiger partial charge in [-0.05, 0) is 63.6 Å². The van der Waals surface area contributed by atoms with Crippen molar-refractivity contribution in [2.24, 2.45) is 17.8 Å². The minimum absolute atomic E-state index is 0.277. The van der Waals surface area contributed by atoms with E-state index in [4.69, 9.17) is 0 Å². The molecule has 4 unspecified atom stereocenters. The van der Waals surface area contributed by atoms with Gasteiger partial charge < -0.3 is 15.3 Å². The number of nitrogens with zero attached hydrogens (tertiary/aromatic N) is 1. The van der Waals surface area contributed by atoms with E-state index in [0.717, 1.165) is 44.1 Å². The smallest absolute Gasteiger partial charge is 0.324 e. The molecular weight excluding hydrogens is 252 g/mol. The zero-order chi connectivity index (χ0) is 14.8. The Morgan fingerprint density at radius 2 is 2.10 bits per heavy atom. The minimum Gasteiger partial charge on any atom is -0.480 e. The van der Waals surface area contributed by atoms with E-state index in [9.17, 15) is 9.90 Å². The Hall–Kier alpha value is -0.610. The molecule has 2 fully saturated rings. The van der Waals surface area contributed by atoms with Gasteiger partial charge in [-0.3, -0.25) is 4.79 Å². The number of piperidine rings is 1. The van der Waals surface area contributed by atoms with Gasteiger partial charge >= 0.3 is 5.97 Å². The lowest BCUT2D eigenvalue weighted by Crippen LogP contribution is -2.54. The summed E-state index contributed by atoms with van der Waals surface area (Å²) in [5.41, 5.74) is -0.672. The number of carbonyl (C=O) groups is 1. The van der Waals surface area contributed by atoms with Gasteiger partial charge in [-0.25, -0.2) is 0 Å². The largest absolute Gasteiger partial charge is 0.480 e. The van der Waals surface area contributed by atoms with E-state index in [-0.39, 0.29) is 5.92 Å². The van der Waals surface area contributed by atoms with Gasteiger partial charge in [0, 0.05) is 6.54 Å². The molecule has 1 aliphatic heterocycles. The van der Waals surface area contributed by atoms with E-state index in [1.807, 2.05) is 0 Å².